The third-order valence-corrected chi connectivity index (χ3v) is 1.10. The largest absolute Gasteiger partial charge is 0.509 e. The molecule has 0 bridgehead atoms. The summed E-state index contributed by atoms with van der Waals surface area (Å²) in [5.41, 5.74) is 0.0735. The zero-order valence-electron chi connectivity index (χ0n) is 5.93. The highest BCUT2D eigenvalue weighted by Crippen LogP contribution is 1.96. The van der Waals surface area contributed by atoms with Crippen LogP contribution in [0.15, 0.2) is 12.4 Å². The third-order valence-electron chi connectivity index (χ3n) is 1.10. The molecule has 0 fully saturated rings. The molecule has 0 radical (unpaired) electrons. The highest BCUT2D eigenvalue weighted by atomic mass is 16.5. The Kier molecular flexibility index (Phi) is 2.40. The van der Waals surface area contributed by atoms with Gasteiger partial charge in [-0.05, 0) is 0 Å². The van der Waals surface area contributed by atoms with Crippen LogP contribution in [0.3, 0.4) is 0 Å². The molecule has 0 unspecified atom stereocenters. The molecule has 1 heterocycles. The lowest BCUT2D eigenvalue weighted by molar-refractivity contribution is 0.392. The third kappa shape index (κ3) is 1.89. The normalized spacial score (nSPS) is 9.36. The van der Waals surface area contributed by atoms with E-state index >= 15 is 0 Å². The van der Waals surface area contributed by atoms with Crippen LogP contribution in [-0.4, -0.2) is 34.2 Å². The summed E-state index contributed by atoms with van der Waals surface area (Å²) in [5, 5.41) is 17.3. The lowest BCUT2D eigenvalue weighted by Crippen LogP contribution is -2.33. The van der Waals surface area contributed by atoms with Gasteiger partial charge in [-0.2, -0.15) is 0 Å². The highest BCUT2D eigenvalue weighted by Gasteiger charge is 2.13. The van der Waals surface area contributed by atoms with Crippen molar-refractivity contribution in [3.05, 3.63) is 12.4 Å². The summed E-state index contributed by atoms with van der Waals surface area (Å²) in [6.07, 6.45) is 2.64. The Morgan fingerprint density at radius 1 is 1.45 bits per heavy atom. The van der Waals surface area contributed by atoms with Gasteiger partial charge in [-0.3, -0.25) is 4.98 Å². The van der Waals surface area contributed by atoms with E-state index in [-0.39, 0.29) is 11.5 Å². The van der Waals surface area contributed by atoms with Crippen LogP contribution in [0, 0.1) is 0 Å². The fraction of sp³-hybridized carbons (Fsp3) is 0.200. The Labute approximate surface area is 63.8 Å². The SMILES string of the molecule is COc1cncc(B(O)O)n1. The molecule has 2 N–H and O–H groups in total. The first kappa shape index (κ1) is 7.97. The average molecular weight is 154 g/mol. The van der Waals surface area contributed by atoms with Gasteiger partial charge in [0, 0.05) is 6.20 Å². The molecule has 6 heteroatoms. The standard InChI is InChI=1S/C5H7BN2O3/c1-11-5-3-7-2-4(8-5)6(9)10/h2-3,9-10H,1H3. The molecule has 0 aromatic carbocycles. The van der Waals surface area contributed by atoms with Crippen molar-refractivity contribution in [2.45, 2.75) is 0 Å². The van der Waals surface area contributed by atoms with Crippen molar-refractivity contribution in [2.24, 2.45) is 0 Å². The zero-order chi connectivity index (χ0) is 8.27. The molecule has 0 spiro atoms. The second kappa shape index (κ2) is 3.31. The second-order valence-corrected chi connectivity index (χ2v) is 1.86. The molecule has 0 aliphatic heterocycles. The first-order valence-electron chi connectivity index (χ1n) is 2.96. The lowest BCUT2D eigenvalue weighted by Gasteiger charge is -1.99. The average Bonchev–Trinajstić information content (AvgIpc) is 2.05. The number of ether oxygens (including phenoxy) is 1. The molecule has 11 heavy (non-hydrogen) atoms. The summed E-state index contributed by atoms with van der Waals surface area (Å²) >= 11 is 0. The van der Waals surface area contributed by atoms with Gasteiger partial charge in [0.25, 0.3) is 0 Å². The predicted octanol–water partition coefficient (Wildman–Crippen LogP) is -1.84. The van der Waals surface area contributed by atoms with Crippen molar-refractivity contribution in [3.63, 3.8) is 0 Å². The van der Waals surface area contributed by atoms with Gasteiger partial charge in [-0.25, -0.2) is 4.98 Å². The number of aromatic nitrogens is 2. The van der Waals surface area contributed by atoms with Gasteiger partial charge in [-0.15, -0.1) is 0 Å². The Bertz CT molecular complexity index is 243. The van der Waals surface area contributed by atoms with Gasteiger partial charge >= 0.3 is 7.12 Å². The molecule has 0 saturated heterocycles. The van der Waals surface area contributed by atoms with Crippen LogP contribution in [0.1, 0.15) is 0 Å². The van der Waals surface area contributed by atoms with Crippen LogP contribution in [-0.2, 0) is 0 Å². The van der Waals surface area contributed by atoms with E-state index < -0.39 is 7.12 Å². The van der Waals surface area contributed by atoms with Crippen molar-refractivity contribution < 1.29 is 14.8 Å². The summed E-state index contributed by atoms with van der Waals surface area (Å²) in [6, 6.07) is 0. The summed E-state index contributed by atoms with van der Waals surface area (Å²) in [5.74, 6) is 0.260. The summed E-state index contributed by atoms with van der Waals surface area (Å²) in [4.78, 5) is 7.38. The molecule has 0 atom stereocenters. The van der Waals surface area contributed by atoms with Crippen LogP contribution in [0.4, 0.5) is 0 Å². The van der Waals surface area contributed by atoms with E-state index in [0.717, 1.165) is 0 Å². The van der Waals surface area contributed by atoms with Crippen LogP contribution in [0.5, 0.6) is 5.88 Å². The Balaban J connectivity index is 2.91. The summed E-state index contributed by atoms with van der Waals surface area (Å²) in [6.45, 7) is 0. The van der Waals surface area contributed by atoms with E-state index in [1.54, 1.807) is 0 Å². The molecule has 58 valence electrons. The first-order chi connectivity index (χ1) is 5.24. The van der Waals surface area contributed by atoms with E-state index in [2.05, 4.69) is 9.97 Å². The smallest absolute Gasteiger partial charge is 0.480 e. The number of hydrogen-bond donors (Lipinski definition) is 2. The van der Waals surface area contributed by atoms with Crippen LogP contribution >= 0.6 is 0 Å². The maximum absolute atomic E-state index is 8.64. The number of nitrogens with zero attached hydrogens (tertiary/aromatic N) is 2. The van der Waals surface area contributed by atoms with Crippen molar-refractivity contribution >= 4 is 12.7 Å². The van der Waals surface area contributed by atoms with Crippen molar-refractivity contribution in [3.8, 4) is 5.88 Å². The molecular weight excluding hydrogens is 147 g/mol. The molecule has 1 rings (SSSR count). The number of hydrogen-bond acceptors (Lipinski definition) is 5. The first-order valence-corrected chi connectivity index (χ1v) is 2.96. The van der Waals surface area contributed by atoms with Gasteiger partial charge in [0.1, 0.15) is 0 Å². The molecule has 5 nitrogen and oxygen atoms in total. The van der Waals surface area contributed by atoms with E-state index in [1.165, 1.54) is 19.5 Å². The van der Waals surface area contributed by atoms with Gasteiger partial charge in [0.15, 0.2) is 0 Å². The minimum Gasteiger partial charge on any atom is -0.480 e. The maximum atomic E-state index is 8.64. The molecule has 0 saturated carbocycles. The summed E-state index contributed by atoms with van der Waals surface area (Å²) in [7, 11) is -0.171. The molecule has 0 amide bonds. The number of rotatable bonds is 2. The van der Waals surface area contributed by atoms with Gasteiger partial charge in [0.2, 0.25) is 5.88 Å². The Morgan fingerprint density at radius 2 is 2.18 bits per heavy atom. The van der Waals surface area contributed by atoms with Gasteiger partial charge in [-0.1, -0.05) is 0 Å². The van der Waals surface area contributed by atoms with Crippen LogP contribution in [0.25, 0.3) is 0 Å². The van der Waals surface area contributed by atoms with Crippen LogP contribution in [0.2, 0.25) is 0 Å². The molecule has 1 aromatic heterocycles. The van der Waals surface area contributed by atoms with E-state index in [0.29, 0.717) is 0 Å². The second-order valence-electron chi connectivity index (χ2n) is 1.86. The Hall–Kier alpha value is -1.14. The molecule has 1 aromatic rings. The summed E-state index contributed by atoms with van der Waals surface area (Å²) < 4.78 is 4.71. The maximum Gasteiger partial charge on any atom is 0.509 e. The van der Waals surface area contributed by atoms with E-state index in [1.807, 2.05) is 0 Å². The molecule has 0 aliphatic rings. The highest BCUT2D eigenvalue weighted by molar-refractivity contribution is 6.57. The molecular formula is C5H7BN2O3. The Morgan fingerprint density at radius 3 is 2.73 bits per heavy atom. The van der Waals surface area contributed by atoms with Gasteiger partial charge in [0.05, 0.1) is 18.9 Å². The van der Waals surface area contributed by atoms with Gasteiger partial charge < -0.3 is 14.8 Å². The monoisotopic (exact) mass is 154 g/mol. The fourth-order valence-corrected chi connectivity index (χ4v) is 0.585. The minimum absolute atomic E-state index is 0.0735. The van der Waals surface area contributed by atoms with Crippen molar-refractivity contribution in [1.82, 2.24) is 9.97 Å². The zero-order valence-corrected chi connectivity index (χ0v) is 5.93. The topological polar surface area (TPSA) is 75.5 Å². The lowest BCUT2D eigenvalue weighted by atomic mass is 9.87. The van der Waals surface area contributed by atoms with Crippen molar-refractivity contribution in [1.29, 1.82) is 0 Å². The minimum atomic E-state index is -1.60. The van der Waals surface area contributed by atoms with Crippen molar-refractivity contribution in [2.75, 3.05) is 7.11 Å². The molecule has 0 aliphatic carbocycles. The van der Waals surface area contributed by atoms with Crippen LogP contribution < -0.4 is 10.3 Å². The predicted molar refractivity (Wildman–Crippen MR) is 38.4 cm³/mol. The van der Waals surface area contributed by atoms with E-state index in [4.69, 9.17) is 14.8 Å². The fourth-order valence-electron chi connectivity index (χ4n) is 0.585. The quantitative estimate of drug-likeness (QED) is 0.489. The van der Waals surface area contributed by atoms with E-state index in [9.17, 15) is 0 Å². The number of methoxy groups -OCH3 is 1.